The highest BCUT2D eigenvalue weighted by atomic mass is 79.9. The predicted octanol–water partition coefficient (Wildman–Crippen LogP) is 5.94. The maximum absolute atomic E-state index is 13.4. The number of amides is 1. The smallest absolute Gasteiger partial charge is 0.262 e. The monoisotopic (exact) mass is 461 g/mol. The van der Waals surface area contributed by atoms with Crippen LogP contribution in [0.25, 0.3) is 11.8 Å². The van der Waals surface area contributed by atoms with Crippen molar-refractivity contribution in [3.63, 3.8) is 0 Å². The zero-order valence-electron chi connectivity index (χ0n) is 16.6. The zero-order valence-corrected chi connectivity index (χ0v) is 18.2. The third-order valence-electron chi connectivity index (χ3n) is 4.88. The van der Waals surface area contributed by atoms with E-state index < -0.39 is 0 Å². The van der Waals surface area contributed by atoms with E-state index in [1.54, 1.807) is 19.1 Å². The molecule has 0 aromatic heterocycles. The molecule has 0 aliphatic carbocycles. The molecule has 0 atom stereocenters. The van der Waals surface area contributed by atoms with E-state index in [0.29, 0.717) is 5.57 Å². The number of anilines is 1. The summed E-state index contributed by atoms with van der Waals surface area (Å²) in [5.41, 5.74) is 4.12. The van der Waals surface area contributed by atoms with Crippen LogP contribution < -0.4 is 14.4 Å². The van der Waals surface area contributed by atoms with Crippen LogP contribution in [0.4, 0.5) is 5.69 Å². The van der Waals surface area contributed by atoms with Crippen LogP contribution in [0.15, 0.2) is 88.9 Å². The van der Waals surface area contributed by atoms with E-state index >= 15 is 0 Å². The van der Waals surface area contributed by atoms with Gasteiger partial charge in [-0.05, 0) is 75.6 Å². The fraction of sp³-hybridized carbons (Fsp3) is 0.0800. The maximum atomic E-state index is 13.4. The van der Waals surface area contributed by atoms with E-state index in [-0.39, 0.29) is 5.91 Å². The Labute approximate surface area is 184 Å². The quantitative estimate of drug-likeness (QED) is 0.441. The van der Waals surface area contributed by atoms with Gasteiger partial charge < -0.3 is 9.47 Å². The fourth-order valence-corrected chi connectivity index (χ4v) is 3.93. The molecule has 150 valence electrons. The second kappa shape index (κ2) is 8.59. The van der Waals surface area contributed by atoms with Crippen molar-refractivity contribution in [1.82, 2.24) is 0 Å². The molecule has 5 heteroatoms. The Morgan fingerprint density at radius 2 is 1.63 bits per heavy atom. The number of carbonyl (C=O) groups is 1. The van der Waals surface area contributed by atoms with Gasteiger partial charge in [-0.15, -0.1) is 0 Å². The number of ether oxygens (including phenoxy) is 2. The Hall–Kier alpha value is -3.31. The standard InChI is InChI=1S/C25H20BrNO3/c1-29-21-11-9-20(10-12-21)27-23(18-6-4-3-5-7-18)16-19(25(27)28)14-17-8-13-24(30-2)22(26)15-17/h3-16H,1-2H3/b19-14-. The molecule has 0 saturated carbocycles. The van der Waals surface area contributed by atoms with Gasteiger partial charge in [-0.25, -0.2) is 0 Å². The van der Waals surface area contributed by atoms with Gasteiger partial charge >= 0.3 is 0 Å². The van der Waals surface area contributed by atoms with Gasteiger partial charge in [0.1, 0.15) is 11.5 Å². The molecule has 0 fully saturated rings. The molecule has 0 unspecified atom stereocenters. The van der Waals surface area contributed by atoms with Crippen LogP contribution in [0, 0.1) is 0 Å². The van der Waals surface area contributed by atoms with Gasteiger partial charge in [-0.3, -0.25) is 9.69 Å². The van der Waals surface area contributed by atoms with E-state index in [9.17, 15) is 4.79 Å². The molecule has 1 heterocycles. The minimum Gasteiger partial charge on any atom is -0.497 e. The van der Waals surface area contributed by atoms with Crippen LogP contribution in [0.5, 0.6) is 11.5 Å². The molecule has 1 amide bonds. The summed E-state index contributed by atoms with van der Waals surface area (Å²) in [6, 6.07) is 23.1. The third kappa shape index (κ3) is 3.89. The van der Waals surface area contributed by atoms with Gasteiger partial charge in [0.05, 0.1) is 24.4 Å². The topological polar surface area (TPSA) is 38.8 Å². The Kier molecular flexibility index (Phi) is 5.72. The summed E-state index contributed by atoms with van der Waals surface area (Å²) < 4.78 is 11.4. The Balaban J connectivity index is 1.78. The number of carbonyl (C=O) groups excluding carboxylic acids is 1. The molecule has 0 N–H and O–H groups in total. The Morgan fingerprint density at radius 3 is 2.27 bits per heavy atom. The van der Waals surface area contributed by atoms with E-state index in [0.717, 1.165) is 38.5 Å². The lowest BCUT2D eigenvalue weighted by Gasteiger charge is -2.21. The zero-order chi connectivity index (χ0) is 21.1. The first-order chi connectivity index (χ1) is 14.6. The molecule has 0 saturated heterocycles. The highest BCUT2D eigenvalue weighted by Crippen LogP contribution is 2.36. The van der Waals surface area contributed by atoms with E-state index in [4.69, 9.17) is 9.47 Å². The predicted molar refractivity (Wildman–Crippen MR) is 124 cm³/mol. The van der Waals surface area contributed by atoms with Gasteiger partial charge in [0, 0.05) is 11.3 Å². The van der Waals surface area contributed by atoms with Gasteiger partial charge in [0.25, 0.3) is 5.91 Å². The first kappa shape index (κ1) is 20.0. The van der Waals surface area contributed by atoms with E-state index in [1.165, 1.54) is 0 Å². The van der Waals surface area contributed by atoms with Crippen molar-refractivity contribution in [2.24, 2.45) is 0 Å². The first-order valence-electron chi connectivity index (χ1n) is 9.41. The van der Waals surface area contributed by atoms with Crippen LogP contribution in [-0.2, 0) is 4.79 Å². The number of halogens is 1. The summed E-state index contributed by atoms with van der Waals surface area (Å²) in [5, 5.41) is 0. The minimum absolute atomic E-state index is 0.0778. The average Bonchev–Trinajstić information content (AvgIpc) is 3.10. The maximum Gasteiger partial charge on any atom is 0.262 e. The van der Waals surface area contributed by atoms with Crippen LogP contribution in [0.3, 0.4) is 0 Å². The van der Waals surface area contributed by atoms with Crippen LogP contribution in [0.2, 0.25) is 0 Å². The largest absolute Gasteiger partial charge is 0.497 e. The molecular formula is C25H20BrNO3. The van der Waals surface area contributed by atoms with Crippen molar-refractivity contribution in [3.05, 3.63) is 100 Å². The molecule has 3 aromatic carbocycles. The van der Waals surface area contributed by atoms with E-state index in [1.807, 2.05) is 84.9 Å². The molecule has 4 nitrogen and oxygen atoms in total. The first-order valence-corrected chi connectivity index (χ1v) is 10.2. The van der Waals surface area contributed by atoms with Gasteiger partial charge in [-0.2, -0.15) is 0 Å². The van der Waals surface area contributed by atoms with Crippen LogP contribution in [-0.4, -0.2) is 20.1 Å². The number of hydrogen-bond acceptors (Lipinski definition) is 3. The molecule has 0 spiro atoms. The molecular weight excluding hydrogens is 442 g/mol. The summed E-state index contributed by atoms with van der Waals surface area (Å²) in [6.07, 6.45) is 3.82. The number of benzene rings is 3. The number of nitrogens with zero attached hydrogens (tertiary/aromatic N) is 1. The second-order valence-electron chi connectivity index (χ2n) is 6.73. The number of hydrogen-bond donors (Lipinski definition) is 0. The summed E-state index contributed by atoms with van der Waals surface area (Å²) >= 11 is 3.51. The van der Waals surface area contributed by atoms with Gasteiger partial charge in [-0.1, -0.05) is 36.4 Å². The molecule has 0 radical (unpaired) electrons. The van der Waals surface area contributed by atoms with Crippen molar-refractivity contribution < 1.29 is 14.3 Å². The van der Waals surface area contributed by atoms with Crippen molar-refractivity contribution in [1.29, 1.82) is 0 Å². The average molecular weight is 462 g/mol. The SMILES string of the molecule is COc1ccc(N2C(=O)/C(=C\c3ccc(OC)c(Br)c3)C=C2c2ccccc2)cc1. The lowest BCUT2D eigenvalue weighted by molar-refractivity contribution is -0.113. The van der Waals surface area contributed by atoms with Crippen molar-refractivity contribution in [2.75, 3.05) is 19.1 Å². The fourth-order valence-electron chi connectivity index (χ4n) is 3.38. The van der Waals surface area contributed by atoms with Gasteiger partial charge in [0.2, 0.25) is 0 Å². The highest BCUT2D eigenvalue weighted by molar-refractivity contribution is 9.10. The molecule has 3 aromatic rings. The molecule has 30 heavy (non-hydrogen) atoms. The Bertz CT molecular complexity index is 1130. The molecule has 1 aliphatic heterocycles. The molecule has 0 bridgehead atoms. The number of methoxy groups -OCH3 is 2. The lowest BCUT2D eigenvalue weighted by atomic mass is 10.1. The second-order valence-corrected chi connectivity index (χ2v) is 7.58. The van der Waals surface area contributed by atoms with Crippen LogP contribution in [0.1, 0.15) is 11.1 Å². The van der Waals surface area contributed by atoms with Crippen molar-refractivity contribution in [3.8, 4) is 11.5 Å². The summed E-state index contributed by atoms with van der Waals surface area (Å²) in [7, 11) is 3.25. The molecule has 4 rings (SSSR count). The van der Waals surface area contributed by atoms with E-state index in [2.05, 4.69) is 15.9 Å². The summed E-state index contributed by atoms with van der Waals surface area (Å²) in [4.78, 5) is 15.1. The Morgan fingerprint density at radius 1 is 0.900 bits per heavy atom. The highest BCUT2D eigenvalue weighted by Gasteiger charge is 2.30. The summed E-state index contributed by atoms with van der Waals surface area (Å²) in [5.74, 6) is 1.41. The van der Waals surface area contributed by atoms with Gasteiger partial charge in [0.15, 0.2) is 0 Å². The summed E-state index contributed by atoms with van der Waals surface area (Å²) in [6.45, 7) is 0. The third-order valence-corrected chi connectivity index (χ3v) is 5.50. The molecule has 1 aliphatic rings. The lowest BCUT2D eigenvalue weighted by Crippen LogP contribution is -2.24. The number of rotatable bonds is 5. The van der Waals surface area contributed by atoms with Crippen molar-refractivity contribution in [2.45, 2.75) is 0 Å². The van der Waals surface area contributed by atoms with Crippen LogP contribution >= 0.6 is 15.9 Å². The normalized spacial score (nSPS) is 14.8. The van der Waals surface area contributed by atoms with Crippen molar-refractivity contribution >= 4 is 39.3 Å². The minimum atomic E-state index is -0.0778.